The Morgan fingerprint density at radius 3 is 2.54 bits per heavy atom. The van der Waals surface area contributed by atoms with Crippen LogP contribution in [-0.2, 0) is 12.9 Å². The summed E-state index contributed by atoms with van der Waals surface area (Å²) in [6, 6.07) is 8.91. The van der Waals surface area contributed by atoms with E-state index < -0.39 is 53.6 Å². The second-order valence-corrected chi connectivity index (χ2v) is 7.08. The standard InChI is InChI=1S/C24H29NO3/c1-27-22-14-19-13-20(24(26)21(19)15-23(22)28-2)12-17-8-10-25(11-9-17)16-18-6-4-3-5-7-18/h3-7,14-15,17,20H,8-13,16H2,1-2H3/i12D2,13D2,14D,15D,20D. The summed E-state index contributed by atoms with van der Waals surface area (Å²) in [7, 11) is 2.48. The maximum absolute atomic E-state index is 13.6. The van der Waals surface area contributed by atoms with Crippen molar-refractivity contribution in [1.82, 2.24) is 4.90 Å². The molecule has 2 aliphatic rings. The van der Waals surface area contributed by atoms with Crippen molar-refractivity contribution in [2.45, 2.75) is 32.1 Å². The Morgan fingerprint density at radius 2 is 1.86 bits per heavy atom. The number of fused-ring (bicyclic) bond motifs is 1. The van der Waals surface area contributed by atoms with Crippen LogP contribution in [0.5, 0.6) is 11.5 Å². The number of carbonyl (C=O) groups excluding carboxylic acids is 1. The molecule has 4 rings (SSSR count). The van der Waals surface area contributed by atoms with Crippen LogP contribution >= 0.6 is 0 Å². The molecule has 28 heavy (non-hydrogen) atoms. The van der Waals surface area contributed by atoms with Crippen LogP contribution in [0.15, 0.2) is 42.4 Å². The van der Waals surface area contributed by atoms with E-state index in [0.29, 0.717) is 32.5 Å². The van der Waals surface area contributed by atoms with Crippen molar-refractivity contribution in [3.05, 3.63) is 59.1 Å². The third-order valence-corrected chi connectivity index (χ3v) is 5.23. The fourth-order valence-electron chi connectivity index (χ4n) is 3.71. The second kappa shape index (κ2) is 8.36. The largest absolute Gasteiger partial charge is 0.493 e. The van der Waals surface area contributed by atoms with Gasteiger partial charge in [0.15, 0.2) is 17.3 Å². The Hall–Kier alpha value is -2.33. The van der Waals surface area contributed by atoms with Gasteiger partial charge in [-0.05, 0) is 67.8 Å². The molecule has 148 valence electrons. The van der Waals surface area contributed by atoms with E-state index in [9.17, 15) is 4.79 Å². The number of methoxy groups -OCH3 is 2. The van der Waals surface area contributed by atoms with Crippen molar-refractivity contribution in [2.24, 2.45) is 11.8 Å². The first-order chi connectivity index (χ1) is 16.4. The van der Waals surface area contributed by atoms with E-state index in [0.717, 1.165) is 5.56 Å². The van der Waals surface area contributed by atoms with E-state index >= 15 is 0 Å². The van der Waals surface area contributed by atoms with Crippen LogP contribution in [0.3, 0.4) is 0 Å². The predicted octanol–water partition coefficient (Wildman–Crippen LogP) is 4.36. The molecule has 4 heteroatoms. The Bertz CT molecular complexity index is 1130. The molecule has 1 atom stereocenters. The number of hydrogen-bond acceptors (Lipinski definition) is 4. The summed E-state index contributed by atoms with van der Waals surface area (Å²) >= 11 is 0. The number of benzene rings is 2. The minimum Gasteiger partial charge on any atom is -0.493 e. The highest BCUT2D eigenvalue weighted by atomic mass is 16.5. The lowest BCUT2D eigenvalue weighted by atomic mass is 9.85. The molecule has 0 N–H and O–H groups in total. The smallest absolute Gasteiger partial charge is 0.166 e. The molecule has 0 aromatic heterocycles. The average Bonchev–Trinajstić information content (AvgIpc) is 3.00. The third kappa shape index (κ3) is 3.93. The van der Waals surface area contributed by atoms with Crippen LogP contribution in [0.2, 0.25) is 0 Å². The molecule has 1 unspecified atom stereocenters. The number of rotatable bonds is 6. The number of likely N-dealkylation sites (tertiary alicyclic amines) is 1. The number of carbonyl (C=O) groups is 1. The van der Waals surface area contributed by atoms with Crippen molar-refractivity contribution in [3.63, 3.8) is 0 Å². The summed E-state index contributed by atoms with van der Waals surface area (Å²) in [5.41, 5.74) is 0.182. The topological polar surface area (TPSA) is 38.8 Å². The summed E-state index contributed by atoms with van der Waals surface area (Å²) < 4.78 is 71.6. The third-order valence-electron chi connectivity index (χ3n) is 5.23. The summed E-state index contributed by atoms with van der Waals surface area (Å²) in [5, 5.41) is 0. The van der Waals surface area contributed by atoms with E-state index in [4.69, 9.17) is 19.1 Å². The molecule has 0 amide bonds. The van der Waals surface area contributed by atoms with Crippen molar-refractivity contribution >= 4 is 5.78 Å². The lowest BCUT2D eigenvalue weighted by molar-refractivity contribution is 0.0895. The van der Waals surface area contributed by atoms with Crippen LogP contribution in [0.25, 0.3) is 0 Å². The predicted molar refractivity (Wildman–Crippen MR) is 110 cm³/mol. The SMILES string of the molecule is [2H]c1c(OC)c(OC)c([2H])c2c1C(=O)C([2H])(C([2H])([2H])C1CCN(Cc3ccccc3)CC1)C2([2H])[2H]. The van der Waals surface area contributed by atoms with Gasteiger partial charge in [0.1, 0.15) is 0 Å². The monoisotopic (exact) mass is 386 g/mol. The lowest BCUT2D eigenvalue weighted by Gasteiger charge is -2.32. The average molecular weight is 387 g/mol. The highest BCUT2D eigenvalue weighted by molar-refractivity contribution is 6.02. The first-order valence-electron chi connectivity index (χ1n) is 13.0. The van der Waals surface area contributed by atoms with Gasteiger partial charge in [0, 0.05) is 24.9 Å². The van der Waals surface area contributed by atoms with Gasteiger partial charge in [-0.25, -0.2) is 0 Å². The normalized spacial score (nSPS) is 28.8. The van der Waals surface area contributed by atoms with Crippen LogP contribution in [0.1, 0.15) is 50.3 Å². The van der Waals surface area contributed by atoms with Crippen LogP contribution < -0.4 is 9.47 Å². The van der Waals surface area contributed by atoms with Gasteiger partial charge in [0.05, 0.1) is 17.0 Å². The molecule has 2 aromatic carbocycles. The Kier molecular flexibility index (Phi) is 3.66. The van der Waals surface area contributed by atoms with E-state index in [1.54, 1.807) is 0 Å². The number of Topliss-reactive ketones (excluding diaryl/α,β-unsaturated/α-hetero) is 1. The van der Waals surface area contributed by atoms with Gasteiger partial charge in [-0.1, -0.05) is 30.3 Å². The van der Waals surface area contributed by atoms with Crippen LogP contribution in [0.4, 0.5) is 0 Å². The van der Waals surface area contributed by atoms with Crippen molar-refractivity contribution < 1.29 is 23.9 Å². The molecule has 0 radical (unpaired) electrons. The first kappa shape index (κ1) is 12.3. The van der Waals surface area contributed by atoms with Gasteiger partial charge in [-0.15, -0.1) is 0 Å². The molecule has 2 aromatic rings. The molecule has 1 aliphatic heterocycles. The molecular weight excluding hydrogens is 350 g/mol. The van der Waals surface area contributed by atoms with Gasteiger partial charge in [0.25, 0.3) is 0 Å². The fraction of sp³-hybridized carbons (Fsp3) is 0.458. The zero-order chi connectivity index (χ0) is 25.8. The zero-order valence-corrected chi connectivity index (χ0v) is 16.2. The van der Waals surface area contributed by atoms with Crippen LogP contribution in [0, 0.1) is 11.8 Å². The van der Waals surface area contributed by atoms with E-state index in [1.807, 2.05) is 30.3 Å². The number of hydrogen-bond donors (Lipinski definition) is 0. The maximum Gasteiger partial charge on any atom is 0.166 e. The fourth-order valence-corrected chi connectivity index (χ4v) is 3.71. The van der Waals surface area contributed by atoms with Crippen molar-refractivity contribution in [2.75, 3.05) is 27.3 Å². The highest BCUT2D eigenvalue weighted by Gasteiger charge is 2.34. The molecule has 1 aliphatic carbocycles. The molecule has 0 saturated carbocycles. The zero-order valence-electron chi connectivity index (χ0n) is 23.2. The quantitative estimate of drug-likeness (QED) is 0.739. The molecule has 4 nitrogen and oxygen atoms in total. The molecule has 1 heterocycles. The molecular formula is C24H29NO3. The van der Waals surface area contributed by atoms with E-state index in [-0.39, 0.29) is 11.5 Å². The van der Waals surface area contributed by atoms with Crippen LogP contribution in [-0.4, -0.2) is 38.0 Å². The summed E-state index contributed by atoms with van der Waals surface area (Å²) in [4.78, 5) is 15.8. The Morgan fingerprint density at radius 1 is 1.18 bits per heavy atom. The minimum absolute atomic E-state index is 0.209. The van der Waals surface area contributed by atoms with Crippen molar-refractivity contribution in [1.29, 1.82) is 0 Å². The number of nitrogens with zero attached hydrogens (tertiary/aromatic N) is 1. The van der Waals surface area contributed by atoms with E-state index in [1.165, 1.54) is 14.2 Å². The van der Waals surface area contributed by atoms with E-state index in [2.05, 4.69) is 4.90 Å². The Labute approximate surface area is 177 Å². The summed E-state index contributed by atoms with van der Waals surface area (Å²) in [6.07, 6.45) is -4.69. The van der Waals surface area contributed by atoms with Gasteiger partial charge in [-0.3, -0.25) is 9.69 Å². The lowest BCUT2D eigenvalue weighted by Crippen LogP contribution is -2.34. The number of ether oxygens (including phenoxy) is 2. The molecule has 1 saturated heterocycles. The first-order valence-corrected chi connectivity index (χ1v) is 9.50. The van der Waals surface area contributed by atoms with Gasteiger partial charge in [-0.2, -0.15) is 0 Å². The van der Waals surface area contributed by atoms with Gasteiger partial charge in [0.2, 0.25) is 0 Å². The maximum atomic E-state index is 13.6. The number of piperidine rings is 1. The molecule has 0 spiro atoms. The highest BCUT2D eigenvalue weighted by Crippen LogP contribution is 2.39. The Balaban J connectivity index is 1.67. The molecule has 1 fully saturated rings. The van der Waals surface area contributed by atoms with Gasteiger partial charge < -0.3 is 9.47 Å². The van der Waals surface area contributed by atoms with Crippen molar-refractivity contribution in [3.8, 4) is 11.5 Å². The minimum atomic E-state index is -2.86. The summed E-state index contributed by atoms with van der Waals surface area (Å²) in [6.45, 7) is 1.81. The molecule has 0 bridgehead atoms. The number of ketones is 1. The summed E-state index contributed by atoms with van der Waals surface area (Å²) in [5.74, 6) is -5.16. The van der Waals surface area contributed by atoms with Gasteiger partial charge >= 0.3 is 0 Å². The second-order valence-electron chi connectivity index (χ2n) is 7.08.